The summed E-state index contributed by atoms with van der Waals surface area (Å²) in [6.45, 7) is 4.96. The van der Waals surface area contributed by atoms with E-state index in [4.69, 9.17) is 5.73 Å². The molecular formula is C15H22N2O. The number of carbonyl (C=O) groups is 1. The van der Waals surface area contributed by atoms with Gasteiger partial charge in [-0.2, -0.15) is 0 Å². The van der Waals surface area contributed by atoms with Gasteiger partial charge in [0.25, 0.3) is 0 Å². The van der Waals surface area contributed by atoms with Gasteiger partial charge in [-0.25, -0.2) is 0 Å². The molecule has 1 aliphatic rings. The predicted octanol–water partition coefficient (Wildman–Crippen LogP) is 2.40. The van der Waals surface area contributed by atoms with E-state index in [0.717, 1.165) is 24.9 Å². The summed E-state index contributed by atoms with van der Waals surface area (Å²) in [6, 6.07) is 8.47. The lowest BCUT2D eigenvalue weighted by molar-refractivity contribution is -0.137. The van der Waals surface area contributed by atoms with Gasteiger partial charge >= 0.3 is 0 Å². The van der Waals surface area contributed by atoms with E-state index in [9.17, 15) is 4.79 Å². The molecule has 2 unspecified atom stereocenters. The van der Waals surface area contributed by atoms with Crippen LogP contribution in [-0.2, 0) is 4.79 Å². The number of nitrogens with two attached hydrogens (primary N) is 1. The number of piperidine rings is 1. The van der Waals surface area contributed by atoms with Crippen molar-refractivity contribution < 1.29 is 4.79 Å². The molecule has 0 bridgehead atoms. The number of benzene rings is 1. The molecule has 1 aromatic carbocycles. The van der Waals surface area contributed by atoms with Crippen LogP contribution in [0.2, 0.25) is 0 Å². The van der Waals surface area contributed by atoms with Gasteiger partial charge in [-0.05, 0) is 25.3 Å². The molecule has 2 rings (SSSR count). The summed E-state index contributed by atoms with van der Waals surface area (Å²) >= 11 is 0. The first kappa shape index (κ1) is 13.1. The Morgan fingerprint density at radius 3 is 2.61 bits per heavy atom. The second-order valence-corrected chi connectivity index (χ2v) is 5.15. The molecule has 3 heteroatoms. The fraction of sp³-hybridized carbons (Fsp3) is 0.533. The molecule has 18 heavy (non-hydrogen) atoms. The van der Waals surface area contributed by atoms with Crippen molar-refractivity contribution in [1.82, 2.24) is 4.90 Å². The van der Waals surface area contributed by atoms with Crippen molar-refractivity contribution in [3.63, 3.8) is 0 Å². The van der Waals surface area contributed by atoms with Gasteiger partial charge in [0.2, 0.25) is 5.91 Å². The number of aryl methyl sites for hydroxylation is 1. The molecule has 0 spiro atoms. The summed E-state index contributed by atoms with van der Waals surface area (Å²) in [5, 5.41) is 0. The van der Waals surface area contributed by atoms with E-state index in [2.05, 4.69) is 38.1 Å². The van der Waals surface area contributed by atoms with Crippen molar-refractivity contribution in [2.24, 2.45) is 5.73 Å². The Kier molecular flexibility index (Phi) is 4.02. The van der Waals surface area contributed by atoms with Crippen LogP contribution in [0, 0.1) is 6.92 Å². The third-order valence-corrected chi connectivity index (χ3v) is 3.64. The smallest absolute Gasteiger partial charge is 0.223 e. The van der Waals surface area contributed by atoms with Crippen LogP contribution in [0.25, 0.3) is 0 Å². The highest BCUT2D eigenvalue weighted by atomic mass is 16.2. The van der Waals surface area contributed by atoms with Gasteiger partial charge in [0.1, 0.15) is 0 Å². The van der Waals surface area contributed by atoms with E-state index in [0.29, 0.717) is 6.42 Å². The summed E-state index contributed by atoms with van der Waals surface area (Å²) in [6.07, 6.45) is 2.35. The number of carbonyl (C=O) groups excluding carboxylic acids is 1. The molecular weight excluding hydrogens is 224 g/mol. The molecule has 1 aliphatic heterocycles. The molecule has 2 atom stereocenters. The standard InChI is InChI=1S/C15H22N2O/c1-3-10-17-14(18)9-8-13(16)15(17)12-6-4-11(2)5-7-12/h4-7,13,15H,3,8-10,16H2,1-2H3. The fourth-order valence-electron chi connectivity index (χ4n) is 2.67. The molecule has 1 amide bonds. The highest BCUT2D eigenvalue weighted by Crippen LogP contribution is 2.31. The third-order valence-electron chi connectivity index (χ3n) is 3.64. The van der Waals surface area contributed by atoms with Crippen LogP contribution < -0.4 is 5.73 Å². The molecule has 1 aromatic rings. The number of likely N-dealkylation sites (tertiary alicyclic amines) is 1. The zero-order valence-electron chi connectivity index (χ0n) is 11.2. The van der Waals surface area contributed by atoms with Crippen LogP contribution in [0.5, 0.6) is 0 Å². The molecule has 2 N–H and O–H groups in total. The van der Waals surface area contributed by atoms with Gasteiger partial charge in [0, 0.05) is 19.0 Å². The maximum atomic E-state index is 12.1. The number of hydrogen-bond acceptors (Lipinski definition) is 2. The maximum absolute atomic E-state index is 12.1. The maximum Gasteiger partial charge on any atom is 0.223 e. The van der Waals surface area contributed by atoms with Crippen LogP contribution in [0.3, 0.4) is 0 Å². The first-order valence-corrected chi connectivity index (χ1v) is 6.75. The number of rotatable bonds is 3. The molecule has 1 fully saturated rings. The zero-order valence-corrected chi connectivity index (χ0v) is 11.2. The Hall–Kier alpha value is -1.35. The minimum Gasteiger partial charge on any atom is -0.334 e. The quantitative estimate of drug-likeness (QED) is 0.890. The monoisotopic (exact) mass is 246 g/mol. The lowest BCUT2D eigenvalue weighted by Crippen LogP contribution is -2.49. The van der Waals surface area contributed by atoms with Crippen LogP contribution in [0.1, 0.15) is 43.4 Å². The molecule has 0 aliphatic carbocycles. The van der Waals surface area contributed by atoms with Crippen molar-refractivity contribution in [3.8, 4) is 0 Å². The van der Waals surface area contributed by atoms with Gasteiger partial charge in [0.05, 0.1) is 6.04 Å². The Labute approximate surface area is 109 Å². The van der Waals surface area contributed by atoms with E-state index >= 15 is 0 Å². The Morgan fingerprint density at radius 1 is 1.33 bits per heavy atom. The third kappa shape index (κ3) is 2.56. The Bertz CT molecular complexity index is 413. The Balaban J connectivity index is 2.30. The lowest BCUT2D eigenvalue weighted by atomic mass is 9.90. The minimum absolute atomic E-state index is 0.0480. The van der Waals surface area contributed by atoms with Crippen LogP contribution >= 0.6 is 0 Å². The van der Waals surface area contributed by atoms with Crippen molar-refractivity contribution in [2.75, 3.05) is 6.54 Å². The largest absolute Gasteiger partial charge is 0.334 e. The van der Waals surface area contributed by atoms with Gasteiger partial charge in [-0.1, -0.05) is 36.8 Å². The van der Waals surface area contributed by atoms with Crippen LogP contribution in [-0.4, -0.2) is 23.4 Å². The summed E-state index contributed by atoms with van der Waals surface area (Å²) in [4.78, 5) is 14.0. The SMILES string of the molecule is CCCN1C(=O)CCC(N)C1c1ccc(C)cc1. The molecule has 0 radical (unpaired) electrons. The van der Waals surface area contributed by atoms with Gasteiger partial charge < -0.3 is 10.6 Å². The van der Waals surface area contributed by atoms with E-state index < -0.39 is 0 Å². The highest BCUT2D eigenvalue weighted by molar-refractivity contribution is 5.78. The topological polar surface area (TPSA) is 46.3 Å². The van der Waals surface area contributed by atoms with Gasteiger partial charge in [-0.3, -0.25) is 4.79 Å². The summed E-state index contributed by atoms with van der Waals surface area (Å²) in [7, 11) is 0. The number of nitrogens with zero attached hydrogens (tertiary/aromatic N) is 1. The van der Waals surface area contributed by atoms with Gasteiger partial charge in [0.15, 0.2) is 0 Å². The average molecular weight is 246 g/mol. The first-order valence-electron chi connectivity index (χ1n) is 6.75. The lowest BCUT2D eigenvalue weighted by Gasteiger charge is -2.40. The van der Waals surface area contributed by atoms with Gasteiger partial charge in [-0.15, -0.1) is 0 Å². The van der Waals surface area contributed by atoms with E-state index in [1.54, 1.807) is 0 Å². The summed E-state index contributed by atoms with van der Waals surface area (Å²) < 4.78 is 0. The van der Waals surface area contributed by atoms with Crippen LogP contribution in [0.15, 0.2) is 24.3 Å². The normalized spacial score (nSPS) is 24.4. The molecule has 1 heterocycles. The predicted molar refractivity (Wildman–Crippen MR) is 73.1 cm³/mol. The molecule has 0 aromatic heterocycles. The van der Waals surface area contributed by atoms with Crippen molar-refractivity contribution in [3.05, 3.63) is 35.4 Å². The van der Waals surface area contributed by atoms with E-state index in [-0.39, 0.29) is 18.0 Å². The number of amides is 1. The molecule has 1 saturated heterocycles. The van der Waals surface area contributed by atoms with E-state index in [1.165, 1.54) is 5.56 Å². The summed E-state index contributed by atoms with van der Waals surface area (Å²) in [5.74, 6) is 0.240. The Morgan fingerprint density at radius 2 is 2.00 bits per heavy atom. The minimum atomic E-state index is 0.0480. The van der Waals surface area contributed by atoms with E-state index in [1.807, 2.05) is 4.90 Å². The second kappa shape index (κ2) is 5.53. The average Bonchev–Trinajstić information content (AvgIpc) is 2.36. The first-order chi connectivity index (χ1) is 8.63. The van der Waals surface area contributed by atoms with Crippen molar-refractivity contribution in [1.29, 1.82) is 0 Å². The van der Waals surface area contributed by atoms with Crippen molar-refractivity contribution in [2.45, 2.75) is 45.2 Å². The fourth-order valence-corrected chi connectivity index (χ4v) is 2.67. The number of hydrogen-bond donors (Lipinski definition) is 1. The van der Waals surface area contributed by atoms with Crippen LogP contribution in [0.4, 0.5) is 0 Å². The summed E-state index contributed by atoms with van der Waals surface area (Å²) in [5.41, 5.74) is 8.63. The van der Waals surface area contributed by atoms with Crippen molar-refractivity contribution >= 4 is 5.91 Å². The molecule has 3 nitrogen and oxygen atoms in total. The highest BCUT2D eigenvalue weighted by Gasteiger charge is 2.34. The zero-order chi connectivity index (χ0) is 13.1. The second-order valence-electron chi connectivity index (χ2n) is 5.15. The molecule has 98 valence electrons. The molecule has 0 saturated carbocycles.